The third-order valence-electron chi connectivity index (χ3n) is 1.81. The smallest absolute Gasteiger partial charge is 0.0809 e. The quantitative estimate of drug-likeness (QED) is 0.689. The Morgan fingerprint density at radius 2 is 2.42 bits per heavy atom. The second-order valence-corrected chi connectivity index (χ2v) is 4.47. The molecule has 0 aliphatic carbocycles. The van der Waals surface area contributed by atoms with Crippen molar-refractivity contribution in [3.63, 3.8) is 0 Å². The maximum absolute atomic E-state index is 4.36. The maximum atomic E-state index is 4.36. The van der Waals surface area contributed by atoms with Crippen LogP contribution < -0.4 is 0 Å². The Balaban J connectivity index is 2.60. The number of fused-ring (bicyclic) bond motifs is 1. The van der Waals surface area contributed by atoms with Gasteiger partial charge < -0.3 is 0 Å². The lowest BCUT2D eigenvalue weighted by molar-refractivity contribution is 1.10. The Bertz CT molecular complexity index is 392. The third-order valence-corrected chi connectivity index (χ3v) is 2.96. The van der Waals surface area contributed by atoms with E-state index in [1.54, 1.807) is 11.3 Å². The monoisotopic (exact) mass is 195 g/mol. The molecule has 0 aliphatic rings. The highest BCUT2D eigenvalue weighted by Crippen LogP contribution is 2.24. The van der Waals surface area contributed by atoms with Crippen LogP contribution in [0, 0.1) is 0 Å². The lowest BCUT2D eigenvalue weighted by Crippen LogP contribution is -1.84. The third kappa shape index (κ3) is 1.34. The van der Waals surface area contributed by atoms with Gasteiger partial charge in [-0.2, -0.15) is 12.6 Å². The SMILES string of the molecule is CC(S)c1cnc2ccsc2c1. The van der Waals surface area contributed by atoms with Crippen molar-refractivity contribution < 1.29 is 0 Å². The van der Waals surface area contributed by atoms with E-state index in [1.165, 1.54) is 10.3 Å². The van der Waals surface area contributed by atoms with Gasteiger partial charge in [0.2, 0.25) is 0 Å². The van der Waals surface area contributed by atoms with Crippen molar-refractivity contribution >= 4 is 34.2 Å². The number of rotatable bonds is 1. The van der Waals surface area contributed by atoms with E-state index in [0.717, 1.165) is 5.52 Å². The molecule has 0 saturated carbocycles. The summed E-state index contributed by atoms with van der Waals surface area (Å²) in [5, 5.41) is 2.33. The van der Waals surface area contributed by atoms with Crippen molar-refractivity contribution in [3.8, 4) is 0 Å². The predicted molar refractivity (Wildman–Crippen MR) is 57.0 cm³/mol. The molecule has 3 heteroatoms. The topological polar surface area (TPSA) is 12.9 Å². The highest BCUT2D eigenvalue weighted by atomic mass is 32.1. The molecule has 1 unspecified atom stereocenters. The fraction of sp³-hybridized carbons (Fsp3) is 0.222. The van der Waals surface area contributed by atoms with Gasteiger partial charge in [-0.25, -0.2) is 0 Å². The van der Waals surface area contributed by atoms with Crippen LogP contribution >= 0.6 is 24.0 Å². The molecule has 0 fully saturated rings. The first-order chi connectivity index (χ1) is 5.77. The lowest BCUT2D eigenvalue weighted by Gasteiger charge is -2.02. The van der Waals surface area contributed by atoms with E-state index in [2.05, 4.69) is 36.0 Å². The van der Waals surface area contributed by atoms with E-state index >= 15 is 0 Å². The Morgan fingerprint density at radius 3 is 3.17 bits per heavy atom. The van der Waals surface area contributed by atoms with Crippen molar-refractivity contribution in [2.24, 2.45) is 0 Å². The van der Waals surface area contributed by atoms with Crippen molar-refractivity contribution in [1.29, 1.82) is 0 Å². The summed E-state index contributed by atoms with van der Waals surface area (Å²) in [6, 6.07) is 4.19. The van der Waals surface area contributed by atoms with E-state index in [1.807, 2.05) is 12.3 Å². The van der Waals surface area contributed by atoms with Gasteiger partial charge in [-0.15, -0.1) is 11.3 Å². The Labute approximate surface area is 80.9 Å². The van der Waals surface area contributed by atoms with Crippen LogP contribution in [0.1, 0.15) is 17.7 Å². The van der Waals surface area contributed by atoms with Crippen LogP contribution in [0.15, 0.2) is 23.7 Å². The summed E-state index contributed by atoms with van der Waals surface area (Å²) in [6.07, 6.45) is 1.90. The van der Waals surface area contributed by atoms with Crippen LogP contribution in [0.5, 0.6) is 0 Å². The van der Waals surface area contributed by atoms with E-state index in [4.69, 9.17) is 0 Å². The van der Waals surface area contributed by atoms with Gasteiger partial charge in [0.25, 0.3) is 0 Å². The summed E-state index contributed by atoms with van der Waals surface area (Å²) < 4.78 is 1.24. The molecular formula is C9H9NS2. The van der Waals surface area contributed by atoms with Crippen LogP contribution in [0.4, 0.5) is 0 Å². The molecule has 2 heterocycles. The highest BCUT2D eigenvalue weighted by molar-refractivity contribution is 7.80. The Morgan fingerprint density at radius 1 is 1.58 bits per heavy atom. The summed E-state index contributed by atoms with van der Waals surface area (Å²) in [5.74, 6) is 0. The maximum Gasteiger partial charge on any atom is 0.0809 e. The standard InChI is InChI=1S/C9H9NS2/c1-6(11)7-4-9-8(10-5-7)2-3-12-9/h2-6,11H,1H3. The normalized spacial score (nSPS) is 13.5. The van der Waals surface area contributed by atoms with E-state index in [9.17, 15) is 0 Å². The Hall–Kier alpha value is -0.540. The van der Waals surface area contributed by atoms with Gasteiger partial charge in [-0.1, -0.05) is 0 Å². The summed E-state index contributed by atoms with van der Waals surface area (Å²) in [5.41, 5.74) is 2.27. The summed E-state index contributed by atoms with van der Waals surface area (Å²) in [7, 11) is 0. The predicted octanol–water partition coefficient (Wildman–Crippen LogP) is 3.29. The highest BCUT2D eigenvalue weighted by Gasteiger charge is 2.02. The van der Waals surface area contributed by atoms with E-state index in [-0.39, 0.29) is 5.25 Å². The molecule has 0 aliphatic heterocycles. The molecule has 2 aromatic heterocycles. The molecular weight excluding hydrogens is 186 g/mol. The van der Waals surface area contributed by atoms with Crippen molar-refractivity contribution in [2.75, 3.05) is 0 Å². The van der Waals surface area contributed by atoms with Gasteiger partial charge in [0, 0.05) is 11.4 Å². The lowest BCUT2D eigenvalue weighted by atomic mass is 10.2. The average molecular weight is 195 g/mol. The molecule has 1 nitrogen and oxygen atoms in total. The second-order valence-electron chi connectivity index (χ2n) is 2.75. The van der Waals surface area contributed by atoms with Crippen LogP contribution in [-0.2, 0) is 0 Å². The molecule has 62 valence electrons. The zero-order valence-corrected chi connectivity index (χ0v) is 8.40. The first kappa shape index (κ1) is 8.08. The van der Waals surface area contributed by atoms with Gasteiger partial charge >= 0.3 is 0 Å². The van der Waals surface area contributed by atoms with Crippen LogP contribution in [0.2, 0.25) is 0 Å². The number of hydrogen-bond donors (Lipinski definition) is 1. The molecule has 0 amide bonds. The number of pyridine rings is 1. The molecule has 0 spiro atoms. The zero-order valence-electron chi connectivity index (χ0n) is 6.69. The average Bonchev–Trinajstić information content (AvgIpc) is 2.49. The second kappa shape index (κ2) is 3.07. The number of thiol groups is 1. The van der Waals surface area contributed by atoms with E-state index in [0.29, 0.717) is 0 Å². The van der Waals surface area contributed by atoms with Gasteiger partial charge in [-0.3, -0.25) is 4.98 Å². The molecule has 2 rings (SSSR count). The van der Waals surface area contributed by atoms with Gasteiger partial charge in [0.15, 0.2) is 0 Å². The minimum Gasteiger partial charge on any atom is -0.255 e. The molecule has 0 radical (unpaired) electrons. The van der Waals surface area contributed by atoms with Crippen molar-refractivity contribution in [1.82, 2.24) is 4.98 Å². The fourth-order valence-electron chi connectivity index (χ4n) is 1.09. The molecule has 2 aromatic rings. The van der Waals surface area contributed by atoms with Crippen molar-refractivity contribution in [3.05, 3.63) is 29.3 Å². The van der Waals surface area contributed by atoms with Crippen molar-refractivity contribution in [2.45, 2.75) is 12.2 Å². The molecule has 0 N–H and O–H groups in total. The molecule has 0 aromatic carbocycles. The van der Waals surface area contributed by atoms with Crippen LogP contribution in [0.3, 0.4) is 0 Å². The number of nitrogens with zero attached hydrogens (tertiary/aromatic N) is 1. The summed E-state index contributed by atoms with van der Waals surface area (Å²) >= 11 is 6.08. The number of thiophene rings is 1. The number of aromatic nitrogens is 1. The fourth-order valence-corrected chi connectivity index (χ4v) is 2.02. The van der Waals surface area contributed by atoms with Gasteiger partial charge in [-0.05, 0) is 30.0 Å². The first-order valence-electron chi connectivity index (χ1n) is 3.78. The minimum absolute atomic E-state index is 0.268. The zero-order chi connectivity index (χ0) is 8.55. The minimum atomic E-state index is 0.268. The largest absolute Gasteiger partial charge is 0.255 e. The van der Waals surface area contributed by atoms with Gasteiger partial charge in [0.05, 0.1) is 10.2 Å². The van der Waals surface area contributed by atoms with Crippen LogP contribution in [0.25, 0.3) is 10.2 Å². The molecule has 12 heavy (non-hydrogen) atoms. The van der Waals surface area contributed by atoms with Crippen LogP contribution in [-0.4, -0.2) is 4.98 Å². The molecule has 0 bridgehead atoms. The van der Waals surface area contributed by atoms with Gasteiger partial charge in [0.1, 0.15) is 0 Å². The number of hydrogen-bond acceptors (Lipinski definition) is 3. The summed E-state index contributed by atoms with van der Waals surface area (Å²) in [6.45, 7) is 2.06. The Kier molecular flexibility index (Phi) is 2.07. The van der Waals surface area contributed by atoms with E-state index < -0.39 is 0 Å². The molecule has 1 atom stereocenters. The summed E-state index contributed by atoms with van der Waals surface area (Å²) in [4.78, 5) is 4.32. The molecule has 0 saturated heterocycles. The first-order valence-corrected chi connectivity index (χ1v) is 5.18.